The molecule has 1 atom stereocenters. The van der Waals surface area contributed by atoms with Gasteiger partial charge in [-0.25, -0.2) is 19.3 Å². The lowest BCUT2D eigenvalue weighted by Crippen LogP contribution is -2.24. The summed E-state index contributed by atoms with van der Waals surface area (Å²) >= 11 is 1.45. The molecule has 0 spiro atoms. The summed E-state index contributed by atoms with van der Waals surface area (Å²) in [4.78, 5) is 21.3. The first kappa shape index (κ1) is 18.1. The number of anilines is 1. The topological polar surface area (TPSA) is 90.6 Å². The van der Waals surface area contributed by atoms with Crippen molar-refractivity contribution in [3.05, 3.63) is 29.5 Å². The van der Waals surface area contributed by atoms with E-state index in [4.69, 9.17) is 4.74 Å². The normalized spacial score (nSPS) is 12.5. The molecule has 0 aliphatic carbocycles. The number of methoxy groups -OCH3 is 1. The number of ether oxygens (including phenoxy) is 2. The van der Waals surface area contributed by atoms with Gasteiger partial charge in [-0.15, -0.1) is 11.3 Å². The number of halogens is 2. The number of fused-ring (bicyclic) bond motifs is 1. The lowest BCUT2D eigenvalue weighted by Gasteiger charge is -2.15. The minimum atomic E-state index is -2.86. The van der Waals surface area contributed by atoms with Crippen LogP contribution in [0.3, 0.4) is 0 Å². The number of hydrogen-bond donors (Lipinski definition) is 1. The zero-order chi connectivity index (χ0) is 18.7. The van der Waals surface area contributed by atoms with Gasteiger partial charge in [0.25, 0.3) is 0 Å². The fraction of sp³-hybridized carbons (Fsp3) is 0.333. The maximum absolute atomic E-state index is 12.2. The SMILES string of the molecule is COC(=O)c1cc(N[C@@H](C)COC(F)F)nc(-c2cnn3ccsc23)n1. The number of rotatable bonds is 7. The van der Waals surface area contributed by atoms with Crippen LogP contribution in [0.15, 0.2) is 23.8 Å². The Balaban J connectivity index is 1.94. The second-order valence-electron chi connectivity index (χ2n) is 5.30. The summed E-state index contributed by atoms with van der Waals surface area (Å²) in [6, 6.07) is 0.926. The van der Waals surface area contributed by atoms with E-state index in [1.165, 1.54) is 24.5 Å². The fourth-order valence-electron chi connectivity index (χ4n) is 2.24. The van der Waals surface area contributed by atoms with E-state index in [9.17, 15) is 13.6 Å². The van der Waals surface area contributed by atoms with Gasteiger partial charge >= 0.3 is 12.6 Å². The highest BCUT2D eigenvalue weighted by Crippen LogP contribution is 2.26. The van der Waals surface area contributed by atoms with Crippen molar-refractivity contribution in [3.8, 4) is 11.4 Å². The van der Waals surface area contributed by atoms with Crippen LogP contribution in [0.2, 0.25) is 0 Å². The third-order valence-corrected chi connectivity index (χ3v) is 4.25. The van der Waals surface area contributed by atoms with Crippen LogP contribution in [0.1, 0.15) is 17.4 Å². The quantitative estimate of drug-likeness (QED) is 0.627. The van der Waals surface area contributed by atoms with Gasteiger partial charge in [0.15, 0.2) is 11.5 Å². The number of carbonyl (C=O) groups excluding carboxylic acids is 1. The van der Waals surface area contributed by atoms with Crippen LogP contribution in [-0.2, 0) is 9.47 Å². The molecule has 0 amide bonds. The molecule has 11 heteroatoms. The lowest BCUT2D eigenvalue weighted by atomic mass is 10.3. The van der Waals surface area contributed by atoms with Crippen LogP contribution < -0.4 is 5.32 Å². The molecule has 8 nitrogen and oxygen atoms in total. The van der Waals surface area contributed by atoms with Gasteiger partial charge in [-0.3, -0.25) is 0 Å². The van der Waals surface area contributed by atoms with Crippen molar-refractivity contribution >= 4 is 28.0 Å². The van der Waals surface area contributed by atoms with Gasteiger partial charge in [-0.2, -0.15) is 13.9 Å². The largest absolute Gasteiger partial charge is 0.464 e. The Hall–Kier alpha value is -2.66. The van der Waals surface area contributed by atoms with Crippen molar-refractivity contribution in [2.45, 2.75) is 19.6 Å². The van der Waals surface area contributed by atoms with Gasteiger partial charge in [-0.1, -0.05) is 0 Å². The number of aromatic nitrogens is 4. The predicted molar refractivity (Wildman–Crippen MR) is 90.5 cm³/mol. The number of carbonyl (C=O) groups is 1. The summed E-state index contributed by atoms with van der Waals surface area (Å²) in [5, 5.41) is 8.98. The van der Waals surface area contributed by atoms with Crippen LogP contribution in [0.5, 0.6) is 0 Å². The number of alkyl halides is 2. The molecular weight excluding hydrogens is 368 g/mol. The van der Waals surface area contributed by atoms with Crippen LogP contribution in [0.4, 0.5) is 14.6 Å². The van der Waals surface area contributed by atoms with Crippen molar-refractivity contribution in [2.24, 2.45) is 0 Å². The Morgan fingerprint density at radius 3 is 2.96 bits per heavy atom. The van der Waals surface area contributed by atoms with Gasteiger partial charge in [0.05, 0.1) is 25.5 Å². The Kier molecular flexibility index (Phi) is 5.38. The molecule has 0 radical (unpaired) electrons. The zero-order valence-electron chi connectivity index (χ0n) is 13.8. The van der Waals surface area contributed by atoms with Crippen LogP contribution in [0, 0.1) is 0 Å². The number of esters is 1. The molecule has 0 aliphatic heterocycles. The molecule has 3 rings (SSSR count). The summed E-state index contributed by atoms with van der Waals surface area (Å²) in [6.07, 6.45) is 3.38. The summed E-state index contributed by atoms with van der Waals surface area (Å²) < 4.78 is 35.0. The second-order valence-corrected chi connectivity index (χ2v) is 6.20. The zero-order valence-corrected chi connectivity index (χ0v) is 14.7. The van der Waals surface area contributed by atoms with Gasteiger partial charge in [0.2, 0.25) is 0 Å². The molecule has 138 valence electrons. The Bertz CT molecular complexity index is 914. The maximum atomic E-state index is 12.2. The smallest absolute Gasteiger partial charge is 0.356 e. The molecule has 0 saturated heterocycles. The minimum absolute atomic E-state index is 0.0397. The third-order valence-electron chi connectivity index (χ3n) is 3.36. The Morgan fingerprint density at radius 1 is 1.42 bits per heavy atom. The molecule has 1 N–H and O–H groups in total. The van der Waals surface area contributed by atoms with Crippen molar-refractivity contribution in [3.63, 3.8) is 0 Å². The number of nitrogens with one attached hydrogen (secondary N) is 1. The summed E-state index contributed by atoms with van der Waals surface area (Å²) in [6.45, 7) is -1.43. The predicted octanol–water partition coefficient (Wildman–Crippen LogP) is 2.68. The monoisotopic (exact) mass is 383 g/mol. The maximum Gasteiger partial charge on any atom is 0.356 e. The van der Waals surface area contributed by atoms with E-state index < -0.39 is 18.6 Å². The van der Waals surface area contributed by atoms with Crippen molar-refractivity contribution in [1.82, 2.24) is 19.6 Å². The fourth-order valence-corrected chi connectivity index (χ4v) is 3.03. The van der Waals surface area contributed by atoms with E-state index in [1.54, 1.807) is 23.8 Å². The Morgan fingerprint density at radius 2 is 2.23 bits per heavy atom. The van der Waals surface area contributed by atoms with Gasteiger partial charge in [-0.05, 0) is 6.92 Å². The molecule has 0 aliphatic rings. The van der Waals surface area contributed by atoms with Crippen LogP contribution in [0.25, 0.3) is 16.2 Å². The first-order valence-electron chi connectivity index (χ1n) is 7.53. The standard InChI is InChI=1S/C15H15F2N5O3S/c1-8(7-25-15(16)17)19-11-5-10(14(23)24-2)20-12(21-11)9-6-18-22-3-4-26-13(9)22/h3-6,8,15H,7H2,1-2H3,(H,19,20,21)/t8-/m0/s1. The Labute approximate surface area is 150 Å². The van der Waals surface area contributed by atoms with E-state index >= 15 is 0 Å². The van der Waals surface area contributed by atoms with Crippen molar-refractivity contribution < 1.29 is 23.0 Å². The molecular formula is C15H15F2N5O3S. The highest BCUT2D eigenvalue weighted by Gasteiger charge is 2.18. The molecule has 3 aromatic heterocycles. The lowest BCUT2D eigenvalue weighted by molar-refractivity contribution is -0.130. The van der Waals surface area contributed by atoms with E-state index in [-0.39, 0.29) is 23.9 Å². The molecule has 26 heavy (non-hydrogen) atoms. The van der Waals surface area contributed by atoms with Crippen molar-refractivity contribution in [2.75, 3.05) is 19.0 Å². The highest BCUT2D eigenvalue weighted by molar-refractivity contribution is 7.16. The van der Waals surface area contributed by atoms with Gasteiger partial charge < -0.3 is 14.8 Å². The highest BCUT2D eigenvalue weighted by atomic mass is 32.1. The van der Waals surface area contributed by atoms with E-state index in [2.05, 4.69) is 25.1 Å². The average Bonchev–Trinajstić information content (AvgIpc) is 3.22. The van der Waals surface area contributed by atoms with Crippen molar-refractivity contribution in [1.29, 1.82) is 0 Å². The first-order chi connectivity index (χ1) is 12.5. The molecule has 0 unspecified atom stereocenters. The second kappa shape index (κ2) is 7.70. The minimum Gasteiger partial charge on any atom is -0.464 e. The molecule has 0 saturated carbocycles. The number of thiazole rings is 1. The summed E-state index contributed by atoms with van der Waals surface area (Å²) in [5.41, 5.74) is 0.683. The van der Waals surface area contributed by atoms with Crippen LogP contribution in [-0.4, -0.2) is 51.9 Å². The van der Waals surface area contributed by atoms with Gasteiger partial charge in [0, 0.05) is 23.7 Å². The molecule has 0 fully saturated rings. The third kappa shape index (κ3) is 3.94. The number of nitrogens with zero attached hydrogens (tertiary/aromatic N) is 4. The molecule has 0 aromatic carbocycles. The first-order valence-corrected chi connectivity index (χ1v) is 8.40. The van der Waals surface area contributed by atoms with Crippen LogP contribution >= 0.6 is 11.3 Å². The molecule has 0 bridgehead atoms. The van der Waals surface area contributed by atoms with E-state index in [1.807, 2.05) is 5.38 Å². The number of hydrogen-bond acceptors (Lipinski definition) is 8. The average molecular weight is 383 g/mol. The summed E-state index contributed by atoms with van der Waals surface area (Å²) in [7, 11) is 1.24. The van der Waals surface area contributed by atoms with Gasteiger partial charge in [0.1, 0.15) is 10.6 Å². The summed E-state index contributed by atoms with van der Waals surface area (Å²) in [5.74, 6) is -0.0747. The van der Waals surface area contributed by atoms with E-state index in [0.717, 1.165) is 4.83 Å². The molecule has 3 aromatic rings. The van der Waals surface area contributed by atoms with E-state index in [0.29, 0.717) is 5.56 Å². The molecule has 3 heterocycles.